The topological polar surface area (TPSA) is 139 Å². The second kappa shape index (κ2) is 7.06. The zero-order valence-corrected chi connectivity index (χ0v) is 15.7. The maximum atomic E-state index is 12.8. The van der Waals surface area contributed by atoms with Crippen LogP contribution in [0.1, 0.15) is 12.5 Å². The van der Waals surface area contributed by atoms with Crippen molar-refractivity contribution in [1.29, 1.82) is 0 Å². The van der Waals surface area contributed by atoms with Crippen molar-refractivity contribution in [1.82, 2.24) is 10.2 Å². The number of sulfonamides is 1. The lowest BCUT2D eigenvalue weighted by atomic mass is 9.92. The number of amides is 4. The Morgan fingerprint density at radius 1 is 1.14 bits per heavy atom. The van der Waals surface area contributed by atoms with Crippen LogP contribution >= 0.6 is 0 Å². The van der Waals surface area contributed by atoms with Crippen LogP contribution in [0.4, 0.5) is 10.5 Å². The largest absolute Gasteiger partial charge is 0.325 e. The summed E-state index contributed by atoms with van der Waals surface area (Å²) in [5, 5.41) is 10.1. The molecule has 0 bridgehead atoms. The summed E-state index contributed by atoms with van der Waals surface area (Å²) in [6.07, 6.45) is 0. The molecule has 0 unspecified atom stereocenters. The summed E-state index contributed by atoms with van der Waals surface area (Å²) >= 11 is 0. The highest BCUT2D eigenvalue weighted by Gasteiger charge is 2.49. The molecule has 28 heavy (non-hydrogen) atoms. The summed E-state index contributed by atoms with van der Waals surface area (Å²) in [6.45, 7) is 1.04. The average Bonchev–Trinajstić information content (AvgIpc) is 2.86. The van der Waals surface area contributed by atoms with Crippen LogP contribution < -0.4 is 15.8 Å². The van der Waals surface area contributed by atoms with Crippen molar-refractivity contribution in [2.75, 3.05) is 11.9 Å². The third-order valence-corrected chi connectivity index (χ3v) is 5.29. The number of hydrogen-bond donors (Lipinski definition) is 3. The Labute approximate surface area is 161 Å². The van der Waals surface area contributed by atoms with E-state index in [2.05, 4.69) is 10.6 Å². The molecular formula is C18H18N4O5S. The molecule has 146 valence electrons. The van der Waals surface area contributed by atoms with Gasteiger partial charge in [-0.25, -0.2) is 18.4 Å². The lowest BCUT2D eigenvalue weighted by Gasteiger charge is -2.22. The van der Waals surface area contributed by atoms with Crippen molar-refractivity contribution in [2.45, 2.75) is 17.4 Å². The van der Waals surface area contributed by atoms with Crippen LogP contribution in [0.15, 0.2) is 59.5 Å². The molecule has 1 saturated heterocycles. The van der Waals surface area contributed by atoms with E-state index in [1.54, 1.807) is 37.3 Å². The van der Waals surface area contributed by atoms with E-state index in [1.807, 2.05) is 0 Å². The van der Waals surface area contributed by atoms with Gasteiger partial charge in [0, 0.05) is 5.69 Å². The van der Waals surface area contributed by atoms with Gasteiger partial charge in [-0.2, -0.15) is 0 Å². The summed E-state index contributed by atoms with van der Waals surface area (Å²) in [5.41, 5.74) is -0.502. The molecule has 4 amide bonds. The van der Waals surface area contributed by atoms with Crippen molar-refractivity contribution >= 4 is 33.6 Å². The first-order chi connectivity index (χ1) is 13.1. The molecule has 2 aromatic carbocycles. The summed E-state index contributed by atoms with van der Waals surface area (Å²) < 4.78 is 22.8. The van der Waals surface area contributed by atoms with Gasteiger partial charge in [0.1, 0.15) is 12.1 Å². The Morgan fingerprint density at radius 3 is 2.46 bits per heavy atom. The van der Waals surface area contributed by atoms with Crippen molar-refractivity contribution in [2.24, 2.45) is 5.14 Å². The molecule has 3 rings (SSSR count). The van der Waals surface area contributed by atoms with Crippen LogP contribution in [0.3, 0.4) is 0 Å². The molecule has 0 saturated carbocycles. The van der Waals surface area contributed by atoms with E-state index < -0.39 is 40.0 Å². The third kappa shape index (κ3) is 3.73. The third-order valence-electron chi connectivity index (χ3n) is 4.37. The van der Waals surface area contributed by atoms with Gasteiger partial charge in [-0.15, -0.1) is 0 Å². The van der Waals surface area contributed by atoms with Gasteiger partial charge in [0.25, 0.3) is 5.91 Å². The van der Waals surface area contributed by atoms with Gasteiger partial charge in [-0.1, -0.05) is 36.4 Å². The molecule has 10 heteroatoms. The molecule has 1 atom stereocenters. The number of hydrogen-bond acceptors (Lipinski definition) is 5. The van der Waals surface area contributed by atoms with Crippen LogP contribution in [0, 0.1) is 0 Å². The molecule has 2 aromatic rings. The maximum absolute atomic E-state index is 12.8. The molecular weight excluding hydrogens is 384 g/mol. The first-order valence-electron chi connectivity index (χ1n) is 8.23. The summed E-state index contributed by atoms with van der Waals surface area (Å²) in [7, 11) is -3.93. The van der Waals surface area contributed by atoms with Gasteiger partial charge >= 0.3 is 6.03 Å². The summed E-state index contributed by atoms with van der Waals surface area (Å²) in [6, 6.07) is 13.4. The van der Waals surface area contributed by atoms with Crippen LogP contribution in [0.25, 0.3) is 0 Å². The molecule has 9 nitrogen and oxygen atoms in total. The molecule has 0 aromatic heterocycles. The lowest BCUT2D eigenvalue weighted by molar-refractivity contribution is -0.133. The smallest absolute Gasteiger partial charge is 0.324 e. The van der Waals surface area contributed by atoms with Crippen LogP contribution in [0.5, 0.6) is 0 Å². The molecule has 1 heterocycles. The number of primary sulfonamides is 1. The van der Waals surface area contributed by atoms with E-state index in [-0.39, 0.29) is 10.6 Å². The molecule has 4 N–H and O–H groups in total. The molecule has 0 spiro atoms. The highest BCUT2D eigenvalue weighted by molar-refractivity contribution is 7.89. The lowest BCUT2D eigenvalue weighted by Crippen LogP contribution is -2.42. The first-order valence-corrected chi connectivity index (χ1v) is 9.78. The number of nitrogens with two attached hydrogens (primary N) is 1. The van der Waals surface area contributed by atoms with Crippen LogP contribution in [-0.4, -0.2) is 37.7 Å². The van der Waals surface area contributed by atoms with E-state index in [9.17, 15) is 22.8 Å². The van der Waals surface area contributed by atoms with E-state index in [4.69, 9.17) is 5.14 Å². The van der Waals surface area contributed by atoms with Gasteiger partial charge in [-0.3, -0.25) is 14.5 Å². The molecule has 1 fully saturated rings. The van der Waals surface area contributed by atoms with Gasteiger partial charge < -0.3 is 10.6 Å². The highest BCUT2D eigenvalue weighted by atomic mass is 32.2. The molecule has 0 radical (unpaired) electrons. The number of nitrogens with zero attached hydrogens (tertiary/aromatic N) is 1. The fourth-order valence-electron chi connectivity index (χ4n) is 2.90. The fourth-order valence-corrected chi connectivity index (χ4v) is 3.46. The number of urea groups is 1. The minimum absolute atomic E-state index is 0.169. The number of rotatable bonds is 5. The van der Waals surface area contributed by atoms with Crippen molar-refractivity contribution in [3.8, 4) is 0 Å². The maximum Gasteiger partial charge on any atom is 0.325 e. The predicted octanol–water partition coefficient (Wildman–Crippen LogP) is 0.740. The second-order valence-electron chi connectivity index (χ2n) is 6.43. The Morgan fingerprint density at radius 2 is 1.82 bits per heavy atom. The Bertz CT molecular complexity index is 1050. The average molecular weight is 402 g/mol. The van der Waals surface area contributed by atoms with Crippen molar-refractivity contribution < 1.29 is 22.8 Å². The van der Waals surface area contributed by atoms with E-state index in [0.29, 0.717) is 5.56 Å². The number of carbonyl (C=O) groups excluding carboxylic acids is 3. The second-order valence-corrected chi connectivity index (χ2v) is 7.99. The minimum Gasteiger partial charge on any atom is -0.324 e. The van der Waals surface area contributed by atoms with Gasteiger partial charge in [0.2, 0.25) is 15.9 Å². The fraction of sp³-hybridized carbons (Fsp3) is 0.167. The van der Waals surface area contributed by atoms with Crippen LogP contribution in [0.2, 0.25) is 0 Å². The Balaban J connectivity index is 1.74. The number of benzene rings is 2. The summed E-state index contributed by atoms with van der Waals surface area (Å²) in [5.74, 6) is -1.22. The minimum atomic E-state index is -3.93. The highest BCUT2D eigenvalue weighted by Crippen LogP contribution is 2.28. The molecule has 1 aliphatic heterocycles. The SMILES string of the molecule is C[C@@]1(c2ccccc2)NC(=O)N(CC(=O)Nc2cccc(S(N)(=O)=O)c2)C1=O. The first kappa shape index (κ1) is 19.5. The Kier molecular flexibility index (Phi) is 4.92. The van der Waals surface area contributed by atoms with Gasteiger partial charge in [-0.05, 0) is 30.7 Å². The standard InChI is InChI=1S/C18H18N4O5S/c1-18(12-6-3-2-4-7-12)16(24)22(17(25)21-18)11-15(23)20-13-8-5-9-14(10-13)28(19,26)27/h2-10H,11H2,1H3,(H,20,23)(H,21,25)(H2,19,26,27)/t18-/m0/s1. The molecule has 0 aliphatic carbocycles. The monoisotopic (exact) mass is 402 g/mol. The Hall–Kier alpha value is -3.24. The number of carbonyl (C=O) groups is 3. The van der Waals surface area contributed by atoms with Crippen LogP contribution in [-0.2, 0) is 25.2 Å². The predicted molar refractivity (Wildman–Crippen MR) is 100 cm³/mol. The van der Waals surface area contributed by atoms with E-state index in [0.717, 1.165) is 4.90 Å². The number of nitrogens with one attached hydrogen (secondary N) is 2. The quantitative estimate of drug-likeness (QED) is 0.633. The zero-order chi connectivity index (χ0) is 20.5. The van der Waals surface area contributed by atoms with E-state index >= 15 is 0 Å². The normalized spacial score (nSPS) is 19.4. The van der Waals surface area contributed by atoms with Gasteiger partial charge in [0.15, 0.2) is 0 Å². The number of imide groups is 1. The number of anilines is 1. The van der Waals surface area contributed by atoms with Crippen molar-refractivity contribution in [3.05, 3.63) is 60.2 Å². The zero-order valence-electron chi connectivity index (χ0n) is 14.9. The van der Waals surface area contributed by atoms with Crippen molar-refractivity contribution in [3.63, 3.8) is 0 Å². The van der Waals surface area contributed by atoms with E-state index in [1.165, 1.54) is 24.3 Å². The van der Waals surface area contributed by atoms with Gasteiger partial charge in [0.05, 0.1) is 4.90 Å². The molecule has 1 aliphatic rings. The summed E-state index contributed by atoms with van der Waals surface area (Å²) in [4.78, 5) is 38.0.